The number of aryl methyl sites for hydroxylation is 1. The van der Waals surface area contributed by atoms with E-state index in [4.69, 9.17) is 4.74 Å². The zero-order chi connectivity index (χ0) is 26.7. The smallest absolute Gasteiger partial charge is 0.338 e. The Labute approximate surface area is 217 Å². The summed E-state index contributed by atoms with van der Waals surface area (Å²) in [6.45, 7) is 5.39. The SMILES string of the molecule is CCOC(=O)c1ccc(-n2c(C)cc(/C=C3\SC(=O)N(CC(=O)Nc4ccc(F)cc4)C3=O)c2C)cc1. The minimum Gasteiger partial charge on any atom is -0.462 e. The van der Waals surface area contributed by atoms with E-state index in [0.717, 1.165) is 39.3 Å². The number of carbonyl (C=O) groups is 4. The second-order valence-electron chi connectivity index (χ2n) is 8.25. The summed E-state index contributed by atoms with van der Waals surface area (Å²) >= 11 is 0.765. The second kappa shape index (κ2) is 10.8. The number of imide groups is 1. The molecule has 8 nitrogen and oxygen atoms in total. The first-order valence-corrected chi connectivity index (χ1v) is 12.3. The fourth-order valence-electron chi connectivity index (χ4n) is 3.95. The third-order valence-electron chi connectivity index (χ3n) is 5.70. The summed E-state index contributed by atoms with van der Waals surface area (Å²) in [5.74, 6) is -1.97. The Morgan fingerprint density at radius 1 is 1.05 bits per heavy atom. The number of anilines is 1. The number of rotatable bonds is 7. The second-order valence-corrected chi connectivity index (χ2v) is 9.25. The van der Waals surface area contributed by atoms with Gasteiger partial charge in [-0.1, -0.05) is 0 Å². The number of carbonyl (C=O) groups excluding carboxylic acids is 4. The van der Waals surface area contributed by atoms with Crippen LogP contribution in [0.25, 0.3) is 11.8 Å². The van der Waals surface area contributed by atoms with E-state index in [0.29, 0.717) is 17.9 Å². The molecular formula is C27H24FN3O5S. The van der Waals surface area contributed by atoms with Crippen LogP contribution in [0.3, 0.4) is 0 Å². The Bertz CT molecular complexity index is 1410. The molecule has 1 aliphatic rings. The van der Waals surface area contributed by atoms with Crippen LogP contribution in [0.4, 0.5) is 14.9 Å². The molecule has 0 atom stereocenters. The molecule has 10 heteroatoms. The molecule has 0 radical (unpaired) electrons. The number of thioether (sulfide) groups is 1. The van der Waals surface area contributed by atoms with Gasteiger partial charge in [0.2, 0.25) is 5.91 Å². The predicted octanol–water partition coefficient (Wildman–Crippen LogP) is 5.08. The highest BCUT2D eigenvalue weighted by molar-refractivity contribution is 8.18. The van der Waals surface area contributed by atoms with E-state index in [2.05, 4.69) is 5.32 Å². The van der Waals surface area contributed by atoms with Gasteiger partial charge in [0.15, 0.2) is 0 Å². The maximum atomic E-state index is 13.1. The van der Waals surface area contributed by atoms with E-state index in [1.54, 1.807) is 25.1 Å². The number of amides is 3. The Morgan fingerprint density at radius 2 is 1.73 bits per heavy atom. The number of esters is 1. The molecule has 1 fully saturated rings. The Kier molecular flexibility index (Phi) is 7.58. The van der Waals surface area contributed by atoms with E-state index in [1.165, 1.54) is 24.3 Å². The number of nitrogens with one attached hydrogen (secondary N) is 1. The van der Waals surface area contributed by atoms with Crippen LogP contribution >= 0.6 is 11.8 Å². The molecule has 0 unspecified atom stereocenters. The lowest BCUT2D eigenvalue weighted by atomic mass is 10.2. The molecule has 3 aromatic rings. The van der Waals surface area contributed by atoms with Gasteiger partial charge in [-0.2, -0.15) is 0 Å². The first-order chi connectivity index (χ1) is 17.7. The van der Waals surface area contributed by atoms with Crippen molar-refractivity contribution in [1.29, 1.82) is 0 Å². The summed E-state index contributed by atoms with van der Waals surface area (Å²) in [4.78, 5) is 50.8. The van der Waals surface area contributed by atoms with Crippen LogP contribution in [0, 0.1) is 19.7 Å². The zero-order valence-electron chi connectivity index (χ0n) is 20.4. The maximum Gasteiger partial charge on any atom is 0.338 e. The van der Waals surface area contributed by atoms with Crippen LogP contribution in [0.5, 0.6) is 0 Å². The lowest BCUT2D eigenvalue weighted by molar-refractivity contribution is -0.127. The number of halogens is 1. The van der Waals surface area contributed by atoms with E-state index in [9.17, 15) is 23.6 Å². The van der Waals surface area contributed by atoms with Crippen LogP contribution < -0.4 is 5.32 Å². The fraction of sp³-hybridized carbons (Fsp3) is 0.185. The number of hydrogen-bond donors (Lipinski definition) is 1. The number of nitrogens with zero attached hydrogens (tertiary/aromatic N) is 2. The Balaban J connectivity index is 1.50. The minimum atomic E-state index is -0.570. The average molecular weight is 522 g/mol. The fourth-order valence-corrected chi connectivity index (χ4v) is 4.78. The van der Waals surface area contributed by atoms with Crippen molar-refractivity contribution in [2.45, 2.75) is 20.8 Å². The van der Waals surface area contributed by atoms with Gasteiger partial charge < -0.3 is 14.6 Å². The Hall–Kier alpha value is -4.18. The molecule has 1 aliphatic heterocycles. The average Bonchev–Trinajstić information content (AvgIpc) is 3.29. The molecule has 0 spiro atoms. The lowest BCUT2D eigenvalue weighted by Crippen LogP contribution is -2.36. The predicted molar refractivity (Wildman–Crippen MR) is 139 cm³/mol. The number of aromatic nitrogens is 1. The van der Waals surface area contributed by atoms with Crippen molar-refractivity contribution in [3.8, 4) is 5.69 Å². The van der Waals surface area contributed by atoms with E-state index < -0.39 is 35.4 Å². The highest BCUT2D eigenvalue weighted by Crippen LogP contribution is 2.33. The molecule has 3 amide bonds. The molecule has 0 aliphatic carbocycles. The highest BCUT2D eigenvalue weighted by atomic mass is 32.2. The number of ether oxygens (including phenoxy) is 1. The largest absolute Gasteiger partial charge is 0.462 e. The Morgan fingerprint density at radius 3 is 2.38 bits per heavy atom. The summed E-state index contributed by atoms with van der Waals surface area (Å²) in [5.41, 5.74) is 4.11. The van der Waals surface area contributed by atoms with Gasteiger partial charge in [0.1, 0.15) is 12.4 Å². The van der Waals surface area contributed by atoms with Crippen LogP contribution in [0.15, 0.2) is 59.5 Å². The van der Waals surface area contributed by atoms with Gasteiger partial charge in [-0.05, 0) is 98.8 Å². The highest BCUT2D eigenvalue weighted by Gasteiger charge is 2.36. The first kappa shape index (κ1) is 25.9. The van der Waals surface area contributed by atoms with Gasteiger partial charge in [-0.25, -0.2) is 9.18 Å². The van der Waals surface area contributed by atoms with Gasteiger partial charge in [-0.15, -0.1) is 0 Å². The molecule has 0 bridgehead atoms. The summed E-state index contributed by atoms with van der Waals surface area (Å²) < 4.78 is 20.1. The molecule has 190 valence electrons. The van der Waals surface area contributed by atoms with Gasteiger partial charge in [0, 0.05) is 22.8 Å². The summed E-state index contributed by atoms with van der Waals surface area (Å²) in [5, 5.41) is 2.00. The molecule has 2 heterocycles. The van der Waals surface area contributed by atoms with Crippen LogP contribution in [0.2, 0.25) is 0 Å². The summed E-state index contributed by atoms with van der Waals surface area (Å²) in [7, 11) is 0. The zero-order valence-corrected chi connectivity index (χ0v) is 21.2. The molecule has 37 heavy (non-hydrogen) atoms. The third kappa shape index (κ3) is 5.64. The van der Waals surface area contributed by atoms with E-state index in [1.807, 2.05) is 36.6 Å². The number of benzene rings is 2. The van der Waals surface area contributed by atoms with Crippen molar-refractivity contribution in [3.05, 3.63) is 87.8 Å². The molecule has 4 rings (SSSR count). The topological polar surface area (TPSA) is 97.7 Å². The molecule has 0 saturated carbocycles. The van der Waals surface area contributed by atoms with Crippen molar-refractivity contribution in [1.82, 2.24) is 9.47 Å². The first-order valence-electron chi connectivity index (χ1n) is 11.4. The standard InChI is InChI=1S/C27H24FN3O5S/c1-4-36-26(34)18-5-11-22(12-6-18)31-16(2)13-19(17(31)3)14-23-25(33)30(27(35)37-23)15-24(32)29-21-9-7-20(28)8-10-21/h5-14H,4,15H2,1-3H3,(H,29,32)/b23-14-. The molecule has 1 aromatic heterocycles. The van der Waals surface area contributed by atoms with Crippen LogP contribution in [0.1, 0.15) is 34.2 Å². The number of hydrogen-bond acceptors (Lipinski definition) is 6. The van der Waals surface area contributed by atoms with Crippen LogP contribution in [-0.2, 0) is 14.3 Å². The van der Waals surface area contributed by atoms with E-state index >= 15 is 0 Å². The van der Waals surface area contributed by atoms with Gasteiger partial charge in [0.25, 0.3) is 11.1 Å². The molecule has 2 aromatic carbocycles. The normalized spacial score (nSPS) is 14.4. The van der Waals surface area contributed by atoms with Crippen LogP contribution in [-0.4, -0.2) is 45.6 Å². The third-order valence-corrected chi connectivity index (χ3v) is 6.60. The quantitative estimate of drug-likeness (QED) is 0.344. The van der Waals surface area contributed by atoms with Crippen molar-refractivity contribution >= 4 is 46.5 Å². The van der Waals surface area contributed by atoms with Crippen molar-refractivity contribution < 1.29 is 28.3 Å². The van der Waals surface area contributed by atoms with Gasteiger partial charge in [0.05, 0.1) is 17.1 Å². The summed E-state index contributed by atoms with van der Waals surface area (Å²) in [6.07, 6.45) is 1.63. The molecular weight excluding hydrogens is 497 g/mol. The molecule has 1 saturated heterocycles. The van der Waals surface area contributed by atoms with E-state index in [-0.39, 0.29) is 4.91 Å². The summed E-state index contributed by atoms with van der Waals surface area (Å²) in [6, 6.07) is 14.1. The maximum absolute atomic E-state index is 13.1. The van der Waals surface area contributed by atoms with Gasteiger partial charge >= 0.3 is 5.97 Å². The van der Waals surface area contributed by atoms with Crippen molar-refractivity contribution in [3.63, 3.8) is 0 Å². The van der Waals surface area contributed by atoms with Crippen molar-refractivity contribution in [2.24, 2.45) is 0 Å². The minimum absolute atomic E-state index is 0.206. The lowest BCUT2D eigenvalue weighted by Gasteiger charge is -2.12. The molecule has 1 N–H and O–H groups in total. The van der Waals surface area contributed by atoms with Crippen molar-refractivity contribution in [2.75, 3.05) is 18.5 Å². The van der Waals surface area contributed by atoms with Gasteiger partial charge in [-0.3, -0.25) is 19.3 Å². The monoisotopic (exact) mass is 521 g/mol.